The number of hydrogen-bond acceptors (Lipinski definition) is 2. The molecule has 1 aliphatic heterocycles. The van der Waals surface area contributed by atoms with E-state index in [4.69, 9.17) is 16.9 Å². The van der Waals surface area contributed by atoms with Crippen LogP contribution in [0, 0.1) is 42.8 Å². The third kappa shape index (κ3) is 10.9. The molecule has 3 rings (SSSR count). The largest absolute Gasteiger partial charge is 0.342 e. The molecule has 1 heterocycles. The average molecular weight is 473 g/mol. The van der Waals surface area contributed by atoms with Gasteiger partial charge < -0.3 is 4.90 Å². The molecule has 1 fully saturated rings. The monoisotopic (exact) mass is 472 g/mol. The number of amides is 1. The highest BCUT2D eigenvalue weighted by molar-refractivity contribution is 6.31. The van der Waals surface area contributed by atoms with E-state index in [2.05, 4.69) is 20.8 Å². The summed E-state index contributed by atoms with van der Waals surface area (Å²) in [6.07, 6.45) is 3.87. The molecule has 5 heteroatoms. The summed E-state index contributed by atoms with van der Waals surface area (Å²) in [6.45, 7) is 14.5. The van der Waals surface area contributed by atoms with Crippen molar-refractivity contribution in [2.75, 3.05) is 13.1 Å². The molecular formula is C28H38ClFN2O. The summed E-state index contributed by atoms with van der Waals surface area (Å²) in [5.74, 6) is 1.58. The highest BCUT2D eigenvalue weighted by atomic mass is 35.5. The molecule has 0 aliphatic carbocycles. The first-order valence-corrected chi connectivity index (χ1v) is 12.1. The van der Waals surface area contributed by atoms with Crippen LogP contribution >= 0.6 is 11.6 Å². The molecule has 1 atom stereocenters. The SMILES string of the molecule is CC(C)CCC(=O)N1CCC(C)C1.CCc1cc(F)ccc1C.Cc1ccc(C#N)c(Cl)c1. The van der Waals surface area contributed by atoms with E-state index < -0.39 is 0 Å². The van der Waals surface area contributed by atoms with Gasteiger partial charge in [-0.25, -0.2) is 4.39 Å². The fourth-order valence-electron chi connectivity index (χ4n) is 3.46. The number of rotatable bonds is 4. The van der Waals surface area contributed by atoms with Gasteiger partial charge in [-0.3, -0.25) is 4.79 Å². The lowest BCUT2D eigenvalue weighted by Gasteiger charge is -2.16. The van der Waals surface area contributed by atoms with E-state index in [0.29, 0.717) is 28.3 Å². The Hall–Kier alpha value is -2.38. The van der Waals surface area contributed by atoms with Crippen LogP contribution in [-0.4, -0.2) is 23.9 Å². The number of nitrogens with zero attached hydrogens (tertiary/aromatic N) is 2. The van der Waals surface area contributed by atoms with Crippen LogP contribution in [0.5, 0.6) is 0 Å². The molecule has 1 amide bonds. The van der Waals surface area contributed by atoms with E-state index in [1.165, 1.54) is 18.1 Å². The van der Waals surface area contributed by atoms with Crippen LogP contribution in [0.4, 0.5) is 4.39 Å². The zero-order chi connectivity index (χ0) is 25.0. The van der Waals surface area contributed by atoms with Crippen LogP contribution in [0.1, 0.15) is 69.2 Å². The van der Waals surface area contributed by atoms with E-state index in [-0.39, 0.29) is 5.82 Å². The first-order valence-electron chi connectivity index (χ1n) is 11.8. The Morgan fingerprint density at radius 3 is 2.42 bits per heavy atom. The highest BCUT2D eigenvalue weighted by Crippen LogP contribution is 2.17. The zero-order valence-electron chi connectivity index (χ0n) is 20.9. The van der Waals surface area contributed by atoms with Crippen molar-refractivity contribution in [3.63, 3.8) is 0 Å². The summed E-state index contributed by atoms with van der Waals surface area (Å²) >= 11 is 5.71. The second kappa shape index (κ2) is 14.7. The molecular weight excluding hydrogens is 435 g/mol. The van der Waals surface area contributed by atoms with Gasteiger partial charge in [-0.15, -0.1) is 0 Å². The molecule has 0 bridgehead atoms. The first kappa shape index (κ1) is 28.7. The van der Waals surface area contributed by atoms with Gasteiger partial charge in [-0.1, -0.05) is 51.4 Å². The van der Waals surface area contributed by atoms with Crippen LogP contribution in [0.2, 0.25) is 5.02 Å². The Bertz CT molecular complexity index is 927. The lowest BCUT2D eigenvalue weighted by atomic mass is 10.1. The van der Waals surface area contributed by atoms with Crippen molar-refractivity contribution in [2.24, 2.45) is 11.8 Å². The highest BCUT2D eigenvalue weighted by Gasteiger charge is 2.22. The number of halogens is 2. The number of aryl methyl sites for hydroxylation is 3. The van der Waals surface area contributed by atoms with Gasteiger partial charge in [-0.05, 0) is 85.9 Å². The number of likely N-dealkylation sites (tertiary alicyclic amines) is 1. The van der Waals surface area contributed by atoms with Crippen LogP contribution < -0.4 is 0 Å². The topological polar surface area (TPSA) is 44.1 Å². The quantitative estimate of drug-likeness (QED) is 0.462. The Balaban J connectivity index is 0.000000251. The minimum absolute atomic E-state index is 0.137. The van der Waals surface area contributed by atoms with Crippen molar-refractivity contribution in [2.45, 2.75) is 67.2 Å². The summed E-state index contributed by atoms with van der Waals surface area (Å²) < 4.78 is 12.5. The maximum absolute atomic E-state index is 12.5. The van der Waals surface area contributed by atoms with Crippen LogP contribution in [0.3, 0.4) is 0 Å². The molecule has 0 radical (unpaired) electrons. The van der Waals surface area contributed by atoms with E-state index >= 15 is 0 Å². The van der Waals surface area contributed by atoms with Gasteiger partial charge in [0.2, 0.25) is 5.91 Å². The van der Waals surface area contributed by atoms with Crippen molar-refractivity contribution in [3.05, 3.63) is 69.5 Å². The van der Waals surface area contributed by atoms with Gasteiger partial charge in [0, 0.05) is 19.5 Å². The van der Waals surface area contributed by atoms with Crippen LogP contribution in [0.15, 0.2) is 36.4 Å². The Morgan fingerprint density at radius 1 is 1.24 bits per heavy atom. The average Bonchev–Trinajstić information content (AvgIpc) is 3.21. The van der Waals surface area contributed by atoms with Gasteiger partial charge in [0.25, 0.3) is 0 Å². The fraction of sp³-hybridized carbons (Fsp3) is 0.500. The number of carbonyl (C=O) groups is 1. The van der Waals surface area contributed by atoms with Gasteiger partial charge in [0.1, 0.15) is 11.9 Å². The molecule has 0 spiro atoms. The van der Waals surface area contributed by atoms with Crippen molar-refractivity contribution in [3.8, 4) is 6.07 Å². The molecule has 1 unspecified atom stereocenters. The van der Waals surface area contributed by atoms with Crippen molar-refractivity contribution in [1.82, 2.24) is 4.90 Å². The molecule has 1 saturated heterocycles. The third-order valence-corrected chi connectivity index (χ3v) is 5.96. The first-order chi connectivity index (χ1) is 15.6. The molecule has 0 aromatic heterocycles. The molecule has 2 aromatic rings. The Morgan fingerprint density at radius 2 is 1.94 bits per heavy atom. The van der Waals surface area contributed by atoms with Crippen molar-refractivity contribution < 1.29 is 9.18 Å². The summed E-state index contributed by atoms with van der Waals surface area (Å²) in [6, 6.07) is 12.3. The minimum atomic E-state index is -0.137. The summed E-state index contributed by atoms with van der Waals surface area (Å²) in [7, 11) is 0. The van der Waals surface area contributed by atoms with Gasteiger partial charge >= 0.3 is 0 Å². The Labute approximate surface area is 204 Å². The molecule has 0 N–H and O–H groups in total. The summed E-state index contributed by atoms with van der Waals surface area (Å²) in [5.41, 5.74) is 3.88. The van der Waals surface area contributed by atoms with Crippen molar-refractivity contribution in [1.29, 1.82) is 5.26 Å². The predicted molar refractivity (Wildman–Crippen MR) is 136 cm³/mol. The number of nitriles is 1. The van der Waals surface area contributed by atoms with E-state index in [1.807, 2.05) is 43.9 Å². The van der Waals surface area contributed by atoms with Crippen LogP contribution in [-0.2, 0) is 11.2 Å². The van der Waals surface area contributed by atoms with Gasteiger partial charge in [0.15, 0.2) is 0 Å². The van der Waals surface area contributed by atoms with Crippen molar-refractivity contribution >= 4 is 17.5 Å². The predicted octanol–water partition coefficient (Wildman–Crippen LogP) is 7.51. The molecule has 180 valence electrons. The normalized spacial score (nSPS) is 14.7. The lowest BCUT2D eigenvalue weighted by Crippen LogP contribution is -2.28. The maximum Gasteiger partial charge on any atom is 0.222 e. The van der Waals surface area contributed by atoms with Gasteiger partial charge in [0.05, 0.1) is 10.6 Å². The maximum atomic E-state index is 12.5. The Kier molecular flexibility index (Phi) is 12.8. The number of carbonyl (C=O) groups excluding carboxylic acids is 1. The zero-order valence-corrected chi connectivity index (χ0v) is 21.7. The van der Waals surface area contributed by atoms with E-state index in [0.717, 1.165) is 43.5 Å². The summed E-state index contributed by atoms with van der Waals surface area (Å²) in [4.78, 5) is 13.6. The molecule has 2 aromatic carbocycles. The minimum Gasteiger partial charge on any atom is -0.342 e. The van der Waals surface area contributed by atoms with E-state index in [9.17, 15) is 9.18 Å². The van der Waals surface area contributed by atoms with Crippen LogP contribution in [0.25, 0.3) is 0 Å². The fourth-order valence-corrected chi connectivity index (χ4v) is 3.74. The summed E-state index contributed by atoms with van der Waals surface area (Å²) in [5, 5.41) is 9.00. The molecule has 0 saturated carbocycles. The molecule has 3 nitrogen and oxygen atoms in total. The van der Waals surface area contributed by atoms with E-state index in [1.54, 1.807) is 18.2 Å². The molecule has 33 heavy (non-hydrogen) atoms. The number of benzene rings is 2. The standard InChI is InChI=1S/C11H21NO.C9H11F.C8H6ClN/c1-9(2)4-5-11(13)12-7-6-10(3)8-12;1-3-8-6-9(10)5-4-7(8)2;1-6-2-3-7(5-10)8(9)4-6/h9-10H,4-8H2,1-3H3;4-6H,3H2,1-2H3;2-4H,1H3. The third-order valence-electron chi connectivity index (χ3n) is 5.65. The second-order valence-corrected chi connectivity index (χ2v) is 9.59. The lowest BCUT2D eigenvalue weighted by molar-refractivity contribution is -0.130. The van der Waals surface area contributed by atoms with Gasteiger partial charge in [-0.2, -0.15) is 5.26 Å². The molecule has 1 aliphatic rings. The second-order valence-electron chi connectivity index (χ2n) is 9.19. The number of hydrogen-bond donors (Lipinski definition) is 0. The smallest absolute Gasteiger partial charge is 0.222 e.